The lowest BCUT2D eigenvalue weighted by Crippen LogP contribution is -1.90. The maximum atomic E-state index is 5.08. The molecule has 0 bridgehead atoms. The van der Waals surface area contributed by atoms with E-state index in [4.69, 9.17) is 9.97 Å². The smallest absolute Gasteiger partial charge is 0.0803 e. The van der Waals surface area contributed by atoms with E-state index in [1.165, 1.54) is 27.1 Å². The lowest BCUT2D eigenvalue weighted by molar-refractivity contribution is 1.39. The van der Waals surface area contributed by atoms with Gasteiger partial charge in [-0.2, -0.15) is 0 Å². The van der Waals surface area contributed by atoms with Gasteiger partial charge >= 0.3 is 0 Å². The minimum atomic E-state index is 0.957. The predicted octanol–water partition coefficient (Wildman–Crippen LogP) is 8.42. The van der Waals surface area contributed by atoms with E-state index in [2.05, 4.69) is 109 Å². The number of pyridine rings is 2. The molecule has 0 aliphatic heterocycles. The van der Waals surface area contributed by atoms with Gasteiger partial charge in [0.2, 0.25) is 0 Å². The number of hydrogen-bond donors (Lipinski definition) is 0. The maximum absolute atomic E-state index is 5.08. The van der Waals surface area contributed by atoms with E-state index in [1.54, 1.807) is 0 Å². The third kappa shape index (κ3) is 2.96. The van der Waals surface area contributed by atoms with Gasteiger partial charge < -0.3 is 0 Å². The minimum absolute atomic E-state index is 0.957. The lowest BCUT2D eigenvalue weighted by Gasteiger charge is -2.12. The van der Waals surface area contributed by atoms with Crippen molar-refractivity contribution >= 4 is 43.4 Å². The summed E-state index contributed by atoms with van der Waals surface area (Å²) in [5.41, 5.74) is 6.33. The molecule has 0 aliphatic rings. The van der Waals surface area contributed by atoms with E-state index in [1.807, 2.05) is 12.3 Å². The molecule has 7 rings (SSSR count). The number of aromatic nitrogens is 2. The number of fused-ring (bicyclic) bond motifs is 6. The number of hydrogen-bond acceptors (Lipinski definition) is 2. The molecular weight excluding hydrogens is 412 g/mol. The normalized spacial score (nSPS) is 11.5. The summed E-state index contributed by atoms with van der Waals surface area (Å²) < 4.78 is 0. The Kier molecular flexibility index (Phi) is 4.18. The van der Waals surface area contributed by atoms with E-state index in [0.29, 0.717) is 0 Å². The van der Waals surface area contributed by atoms with Crippen molar-refractivity contribution < 1.29 is 0 Å². The van der Waals surface area contributed by atoms with Gasteiger partial charge in [-0.25, -0.2) is 4.98 Å². The standard InChI is InChI=1S/C32H20N2/c1-2-8-21(9-3-1)30-16-14-22-15-17-31-29(32(22)34-30)19-24(20-33-31)28-18-23-10-4-5-11-25(23)26-12-6-7-13-27(26)28/h1-20H. The predicted molar refractivity (Wildman–Crippen MR) is 143 cm³/mol. The van der Waals surface area contributed by atoms with Crippen molar-refractivity contribution in [3.63, 3.8) is 0 Å². The molecule has 158 valence electrons. The molecule has 0 radical (unpaired) electrons. The molecule has 0 N–H and O–H groups in total. The van der Waals surface area contributed by atoms with Gasteiger partial charge in [0.15, 0.2) is 0 Å². The van der Waals surface area contributed by atoms with Crippen LogP contribution >= 0.6 is 0 Å². The molecule has 7 aromatic rings. The summed E-state index contributed by atoms with van der Waals surface area (Å²) in [7, 11) is 0. The van der Waals surface area contributed by atoms with E-state index in [-0.39, 0.29) is 0 Å². The summed E-state index contributed by atoms with van der Waals surface area (Å²) in [6, 6.07) is 40.5. The van der Waals surface area contributed by atoms with Crippen molar-refractivity contribution in [2.45, 2.75) is 0 Å². The largest absolute Gasteiger partial charge is 0.256 e. The van der Waals surface area contributed by atoms with Gasteiger partial charge in [-0.05, 0) is 51.4 Å². The van der Waals surface area contributed by atoms with Crippen LogP contribution in [0.4, 0.5) is 0 Å². The van der Waals surface area contributed by atoms with Crippen LogP contribution in [0.25, 0.3) is 65.7 Å². The molecule has 0 unspecified atom stereocenters. The highest BCUT2D eigenvalue weighted by molar-refractivity contribution is 6.14. The summed E-state index contributed by atoms with van der Waals surface area (Å²) in [6.07, 6.45) is 1.99. The maximum Gasteiger partial charge on any atom is 0.0803 e. The highest BCUT2D eigenvalue weighted by Crippen LogP contribution is 2.36. The first-order valence-corrected chi connectivity index (χ1v) is 11.5. The molecule has 0 saturated carbocycles. The fourth-order valence-electron chi connectivity index (χ4n) is 5.00. The molecule has 0 aliphatic carbocycles. The number of benzene rings is 5. The second kappa shape index (κ2) is 7.50. The molecule has 5 aromatic carbocycles. The van der Waals surface area contributed by atoms with Crippen LogP contribution < -0.4 is 0 Å². The molecule has 2 heteroatoms. The molecule has 0 saturated heterocycles. The van der Waals surface area contributed by atoms with Crippen molar-refractivity contribution in [3.8, 4) is 22.4 Å². The third-order valence-corrected chi connectivity index (χ3v) is 6.67. The minimum Gasteiger partial charge on any atom is -0.256 e. The Morgan fingerprint density at radius 1 is 0.471 bits per heavy atom. The molecule has 0 amide bonds. The van der Waals surface area contributed by atoms with Crippen LogP contribution in [0.1, 0.15) is 0 Å². The van der Waals surface area contributed by atoms with Crippen molar-refractivity contribution in [3.05, 3.63) is 121 Å². The second-order valence-electron chi connectivity index (χ2n) is 8.68. The average Bonchev–Trinajstić information content (AvgIpc) is 2.92. The quantitative estimate of drug-likeness (QED) is 0.256. The Hall–Kier alpha value is -4.56. The highest BCUT2D eigenvalue weighted by Gasteiger charge is 2.12. The Morgan fingerprint density at radius 3 is 2.09 bits per heavy atom. The monoisotopic (exact) mass is 432 g/mol. The van der Waals surface area contributed by atoms with Gasteiger partial charge in [0.05, 0.1) is 16.7 Å². The zero-order valence-corrected chi connectivity index (χ0v) is 18.4. The molecule has 0 atom stereocenters. The van der Waals surface area contributed by atoms with Crippen LogP contribution in [0.3, 0.4) is 0 Å². The third-order valence-electron chi connectivity index (χ3n) is 6.67. The topological polar surface area (TPSA) is 25.8 Å². The molecule has 2 aromatic heterocycles. The molecule has 0 fully saturated rings. The molecule has 2 heterocycles. The fourth-order valence-corrected chi connectivity index (χ4v) is 5.00. The first-order valence-electron chi connectivity index (χ1n) is 11.5. The van der Waals surface area contributed by atoms with Gasteiger partial charge in [-0.1, -0.05) is 91.0 Å². The highest BCUT2D eigenvalue weighted by atomic mass is 14.7. The Bertz CT molecular complexity index is 1850. The van der Waals surface area contributed by atoms with Gasteiger partial charge in [-0.15, -0.1) is 0 Å². The molecular formula is C32H20N2. The van der Waals surface area contributed by atoms with E-state index in [9.17, 15) is 0 Å². The van der Waals surface area contributed by atoms with Crippen LogP contribution in [-0.2, 0) is 0 Å². The van der Waals surface area contributed by atoms with Crippen LogP contribution in [0.2, 0.25) is 0 Å². The van der Waals surface area contributed by atoms with Crippen molar-refractivity contribution in [2.75, 3.05) is 0 Å². The van der Waals surface area contributed by atoms with Crippen LogP contribution in [0.5, 0.6) is 0 Å². The molecule has 2 nitrogen and oxygen atoms in total. The first-order chi connectivity index (χ1) is 16.8. The Morgan fingerprint density at radius 2 is 1.21 bits per heavy atom. The van der Waals surface area contributed by atoms with Crippen molar-refractivity contribution in [1.29, 1.82) is 0 Å². The second-order valence-corrected chi connectivity index (χ2v) is 8.68. The van der Waals surface area contributed by atoms with Crippen LogP contribution in [0, 0.1) is 0 Å². The summed E-state index contributed by atoms with van der Waals surface area (Å²) >= 11 is 0. The SMILES string of the molecule is c1ccc(-c2ccc3ccc4ncc(-c5cc6ccccc6c6ccccc56)cc4c3n2)cc1. The van der Waals surface area contributed by atoms with Crippen molar-refractivity contribution in [2.24, 2.45) is 0 Å². The summed E-state index contributed by atoms with van der Waals surface area (Å²) in [5, 5.41) is 7.20. The van der Waals surface area contributed by atoms with Gasteiger partial charge in [0, 0.05) is 28.1 Å². The molecule has 34 heavy (non-hydrogen) atoms. The summed E-state index contributed by atoms with van der Waals surface area (Å²) in [4.78, 5) is 9.94. The Labute approximate surface area is 197 Å². The first kappa shape index (κ1) is 19.0. The fraction of sp³-hybridized carbons (Fsp3) is 0. The zero-order chi connectivity index (χ0) is 22.5. The molecule has 0 spiro atoms. The van der Waals surface area contributed by atoms with Crippen molar-refractivity contribution in [1.82, 2.24) is 9.97 Å². The van der Waals surface area contributed by atoms with E-state index < -0.39 is 0 Å². The lowest BCUT2D eigenvalue weighted by atomic mass is 9.93. The van der Waals surface area contributed by atoms with Gasteiger partial charge in [0.1, 0.15) is 0 Å². The Balaban J connectivity index is 1.52. The van der Waals surface area contributed by atoms with Crippen LogP contribution in [-0.4, -0.2) is 9.97 Å². The number of nitrogens with zero attached hydrogens (tertiary/aromatic N) is 2. The van der Waals surface area contributed by atoms with Gasteiger partial charge in [0.25, 0.3) is 0 Å². The average molecular weight is 433 g/mol. The van der Waals surface area contributed by atoms with Gasteiger partial charge in [-0.3, -0.25) is 4.98 Å². The van der Waals surface area contributed by atoms with E-state index in [0.717, 1.165) is 38.6 Å². The summed E-state index contributed by atoms with van der Waals surface area (Å²) in [5.74, 6) is 0. The summed E-state index contributed by atoms with van der Waals surface area (Å²) in [6.45, 7) is 0. The van der Waals surface area contributed by atoms with Crippen LogP contribution in [0.15, 0.2) is 121 Å². The van der Waals surface area contributed by atoms with E-state index >= 15 is 0 Å². The number of rotatable bonds is 2. The zero-order valence-electron chi connectivity index (χ0n) is 18.4.